The summed E-state index contributed by atoms with van der Waals surface area (Å²) >= 11 is 7.90. The Kier molecular flexibility index (Phi) is 4.27. The van der Waals surface area contributed by atoms with E-state index in [4.69, 9.17) is 16.3 Å². The Morgan fingerprint density at radius 3 is 3.05 bits per heavy atom. The maximum Gasteiger partial charge on any atom is 0.119 e. The second-order valence-corrected chi connectivity index (χ2v) is 5.85. The van der Waals surface area contributed by atoms with Crippen molar-refractivity contribution in [3.8, 4) is 5.75 Å². The number of benzene rings is 2. The van der Waals surface area contributed by atoms with Crippen LogP contribution in [-0.2, 0) is 6.54 Å². The van der Waals surface area contributed by atoms with E-state index in [1.54, 1.807) is 11.3 Å². The highest BCUT2D eigenvalue weighted by atomic mass is 35.5. The number of hydrogen-bond donors (Lipinski definition) is 1. The molecule has 21 heavy (non-hydrogen) atoms. The fourth-order valence-electron chi connectivity index (χ4n) is 2.18. The highest BCUT2D eigenvalue weighted by Gasteiger charge is 2.08. The lowest BCUT2D eigenvalue weighted by atomic mass is 10.2. The van der Waals surface area contributed by atoms with Crippen LogP contribution in [0.2, 0.25) is 5.02 Å². The van der Waals surface area contributed by atoms with Crippen LogP contribution in [0.25, 0.3) is 10.2 Å². The predicted molar refractivity (Wildman–Crippen MR) is 89.6 cm³/mol. The Morgan fingerprint density at radius 2 is 2.19 bits per heavy atom. The van der Waals surface area contributed by atoms with Crippen LogP contribution >= 0.6 is 22.9 Å². The SMILES string of the molecule is CCOc1cccc(CNc2c(Cl)ccc3scnc23)c1. The first-order chi connectivity index (χ1) is 10.3. The van der Waals surface area contributed by atoms with E-state index in [2.05, 4.69) is 16.4 Å². The zero-order chi connectivity index (χ0) is 14.7. The second-order valence-electron chi connectivity index (χ2n) is 4.56. The Morgan fingerprint density at radius 1 is 1.29 bits per heavy atom. The van der Waals surface area contributed by atoms with Gasteiger partial charge in [0, 0.05) is 6.54 Å². The Hall–Kier alpha value is -1.78. The minimum Gasteiger partial charge on any atom is -0.494 e. The Balaban J connectivity index is 1.81. The van der Waals surface area contributed by atoms with Crippen molar-refractivity contribution in [1.29, 1.82) is 0 Å². The highest BCUT2D eigenvalue weighted by Crippen LogP contribution is 2.32. The van der Waals surface area contributed by atoms with Gasteiger partial charge in [0.05, 0.1) is 27.5 Å². The summed E-state index contributed by atoms with van der Waals surface area (Å²) in [6, 6.07) is 11.9. The molecular weight excluding hydrogens is 304 g/mol. The first-order valence-electron chi connectivity index (χ1n) is 6.75. The number of rotatable bonds is 5. The molecule has 2 aromatic carbocycles. The van der Waals surface area contributed by atoms with E-state index >= 15 is 0 Å². The number of ether oxygens (including phenoxy) is 1. The van der Waals surface area contributed by atoms with Gasteiger partial charge in [0.2, 0.25) is 0 Å². The molecular formula is C16H15ClN2OS. The molecule has 0 aliphatic heterocycles. The molecule has 1 heterocycles. The molecule has 0 amide bonds. The van der Waals surface area contributed by atoms with Crippen molar-refractivity contribution in [3.05, 3.63) is 52.5 Å². The Bertz CT molecular complexity index is 757. The zero-order valence-corrected chi connectivity index (χ0v) is 13.2. The second kappa shape index (κ2) is 6.33. The summed E-state index contributed by atoms with van der Waals surface area (Å²) in [6.07, 6.45) is 0. The summed E-state index contributed by atoms with van der Waals surface area (Å²) in [6.45, 7) is 3.33. The average molecular weight is 319 g/mol. The van der Waals surface area contributed by atoms with Gasteiger partial charge in [-0.05, 0) is 36.8 Å². The number of anilines is 1. The van der Waals surface area contributed by atoms with Gasteiger partial charge in [-0.15, -0.1) is 11.3 Å². The minimum absolute atomic E-state index is 0.668. The maximum atomic E-state index is 6.28. The summed E-state index contributed by atoms with van der Waals surface area (Å²) < 4.78 is 6.65. The molecule has 0 saturated heterocycles. The zero-order valence-electron chi connectivity index (χ0n) is 11.6. The van der Waals surface area contributed by atoms with Crippen molar-refractivity contribution < 1.29 is 4.74 Å². The van der Waals surface area contributed by atoms with E-state index < -0.39 is 0 Å². The van der Waals surface area contributed by atoms with E-state index in [-0.39, 0.29) is 0 Å². The third kappa shape index (κ3) is 3.12. The molecule has 1 N–H and O–H groups in total. The summed E-state index contributed by atoms with van der Waals surface area (Å²) in [5.41, 5.74) is 4.79. The molecule has 0 radical (unpaired) electrons. The quantitative estimate of drug-likeness (QED) is 0.722. The van der Waals surface area contributed by atoms with Crippen LogP contribution < -0.4 is 10.1 Å². The highest BCUT2D eigenvalue weighted by molar-refractivity contribution is 7.16. The van der Waals surface area contributed by atoms with E-state index in [9.17, 15) is 0 Å². The lowest BCUT2D eigenvalue weighted by molar-refractivity contribution is 0.340. The van der Waals surface area contributed by atoms with Crippen LogP contribution in [0.3, 0.4) is 0 Å². The molecule has 0 aliphatic rings. The van der Waals surface area contributed by atoms with Crippen molar-refractivity contribution >= 4 is 38.8 Å². The molecule has 5 heteroatoms. The van der Waals surface area contributed by atoms with Gasteiger partial charge in [-0.1, -0.05) is 23.7 Å². The molecule has 0 atom stereocenters. The standard InChI is InChI=1S/C16H15ClN2OS/c1-2-20-12-5-3-4-11(8-12)9-18-15-13(17)6-7-14-16(15)19-10-21-14/h3-8,10,18H,2,9H2,1H3. The predicted octanol–water partition coefficient (Wildman–Crippen LogP) is 4.96. The van der Waals surface area contributed by atoms with Crippen LogP contribution in [0.5, 0.6) is 5.75 Å². The summed E-state index contributed by atoms with van der Waals surface area (Å²) in [7, 11) is 0. The van der Waals surface area contributed by atoms with Crippen molar-refractivity contribution in [2.45, 2.75) is 13.5 Å². The van der Waals surface area contributed by atoms with Gasteiger partial charge in [0.25, 0.3) is 0 Å². The molecule has 0 aliphatic carbocycles. The molecule has 0 unspecified atom stereocenters. The maximum absolute atomic E-state index is 6.28. The van der Waals surface area contributed by atoms with Gasteiger partial charge in [-0.25, -0.2) is 4.98 Å². The number of nitrogens with one attached hydrogen (secondary N) is 1. The van der Waals surface area contributed by atoms with Crippen molar-refractivity contribution in [1.82, 2.24) is 4.98 Å². The molecule has 3 aromatic rings. The third-order valence-corrected chi connectivity index (χ3v) is 4.24. The van der Waals surface area contributed by atoms with Gasteiger partial charge < -0.3 is 10.1 Å². The van der Waals surface area contributed by atoms with Gasteiger partial charge in [0.15, 0.2) is 0 Å². The fraction of sp³-hybridized carbons (Fsp3) is 0.188. The van der Waals surface area contributed by atoms with E-state index in [1.807, 2.05) is 42.8 Å². The number of halogens is 1. The molecule has 3 rings (SSSR count). The topological polar surface area (TPSA) is 34.1 Å². The van der Waals surface area contributed by atoms with Crippen LogP contribution in [0.15, 0.2) is 41.9 Å². The molecule has 0 saturated carbocycles. The van der Waals surface area contributed by atoms with E-state index in [1.165, 1.54) is 0 Å². The molecule has 3 nitrogen and oxygen atoms in total. The summed E-state index contributed by atoms with van der Waals surface area (Å²) in [5.74, 6) is 0.884. The molecule has 0 fully saturated rings. The van der Waals surface area contributed by atoms with E-state index in [0.717, 1.165) is 27.2 Å². The first kappa shape index (κ1) is 14.2. The van der Waals surface area contributed by atoms with Crippen molar-refractivity contribution in [3.63, 3.8) is 0 Å². The van der Waals surface area contributed by atoms with Crippen LogP contribution in [0.4, 0.5) is 5.69 Å². The summed E-state index contributed by atoms with van der Waals surface area (Å²) in [5, 5.41) is 4.07. The average Bonchev–Trinajstić information content (AvgIpc) is 2.95. The minimum atomic E-state index is 0.668. The normalized spacial score (nSPS) is 10.8. The smallest absolute Gasteiger partial charge is 0.119 e. The van der Waals surface area contributed by atoms with Crippen molar-refractivity contribution in [2.75, 3.05) is 11.9 Å². The van der Waals surface area contributed by atoms with Gasteiger partial charge >= 0.3 is 0 Å². The lowest BCUT2D eigenvalue weighted by Crippen LogP contribution is -2.01. The van der Waals surface area contributed by atoms with Crippen LogP contribution in [0, 0.1) is 0 Å². The molecule has 0 spiro atoms. The fourth-order valence-corrected chi connectivity index (χ4v) is 3.08. The largest absolute Gasteiger partial charge is 0.494 e. The van der Waals surface area contributed by atoms with Gasteiger partial charge in [-0.3, -0.25) is 0 Å². The summed E-state index contributed by atoms with van der Waals surface area (Å²) in [4.78, 5) is 4.39. The molecule has 1 aromatic heterocycles. The molecule has 0 bridgehead atoms. The first-order valence-corrected chi connectivity index (χ1v) is 8.01. The third-order valence-electron chi connectivity index (χ3n) is 3.13. The lowest BCUT2D eigenvalue weighted by Gasteiger charge is -2.10. The van der Waals surface area contributed by atoms with Gasteiger partial charge in [0.1, 0.15) is 11.3 Å². The Labute approximate surface area is 132 Å². The van der Waals surface area contributed by atoms with Gasteiger partial charge in [-0.2, -0.15) is 0 Å². The van der Waals surface area contributed by atoms with E-state index in [0.29, 0.717) is 18.2 Å². The monoisotopic (exact) mass is 318 g/mol. The van der Waals surface area contributed by atoms with Crippen molar-refractivity contribution in [2.24, 2.45) is 0 Å². The number of fused-ring (bicyclic) bond motifs is 1. The number of thiazole rings is 1. The van der Waals surface area contributed by atoms with Crippen LogP contribution in [-0.4, -0.2) is 11.6 Å². The number of nitrogens with zero attached hydrogens (tertiary/aromatic N) is 1. The van der Waals surface area contributed by atoms with Crippen LogP contribution in [0.1, 0.15) is 12.5 Å². The number of hydrogen-bond acceptors (Lipinski definition) is 4. The number of aromatic nitrogens is 1. The molecule has 108 valence electrons.